The third kappa shape index (κ3) is 4.80. The molecule has 23 heavy (non-hydrogen) atoms. The van der Waals surface area contributed by atoms with E-state index >= 15 is 0 Å². The lowest BCUT2D eigenvalue weighted by Crippen LogP contribution is -2.18. The minimum absolute atomic E-state index is 0.0380. The zero-order chi connectivity index (χ0) is 17.7. The molecule has 0 heterocycles. The first-order valence-electron chi connectivity index (χ1n) is 6.83. The van der Waals surface area contributed by atoms with Crippen LogP contribution in [0.25, 0.3) is 0 Å². The number of halogens is 3. The number of rotatable bonds is 7. The summed E-state index contributed by atoms with van der Waals surface area (Å²) in [5.41, 5.74) is -2.70. The third-order valence-electron chi connectivity index (χ3n) is 2.89. The maximum Gasteiger partial charge on any atom is 0.416 e. The number of alkyl halides is 3. The predicted octanol–water partition coefficient (Wildman–Crippen LogP) is 4.19. The lowest BCUT2D eigenvalue weighted by Gasteiger charge is -2.25. The summed E-state index contributed by atoms with van der Waals surface area (Å²) < 4.78 is 66.2. The normalized spacial score (nSPS) is 13.7. The maximum atomic E-state index is 12.9. The van der Waals surface area contributed by atoms with Crippen molar-refractivity contribution in [1.82, 2.24) is 0 Å². The maximum absolute atomic E-state index is 12.9. The first-order chi connectivity index (χ1) is 10.7. The second kappa shape index (κ2) is 7.95. The lowest BCUT2D eigenvalue weighted by atomic mass is 10.1. The monoisotopic (exact) mass is 354 g/mol. The van der Waals surface area contributed by atoms with E-state index in [1.165, 1.54) is 19.9 Å². The first-order valence-corrected chi connectivity index (χ1v) is 8.44. The molecular weight excluding hydrogens is 336 g/mol. The van der Waals surface area contributed by atoms with Gasteiger partial charge in [0, 0.05) is 0 Å². The van der Waals surface area contributed by atoms with Gasteiger partial charge in [0.1, 0.15) is 0 Å². The van der Waals surface area contributed by atoms with Crippen molar-refractivity contribution in [3.8, 4) is 0 Å². The molecule has 1 rings (SSSR count). The number of esters is 1. The Hall–Kier alpha value is -1.37. The number of hydrogen-bond donors (Lipinski definition) is 0. The van der Waals surface area contributed by atoms with Crippen LogP contribution in [0.3, 0.4) is 0 Å². The molecule has 0 fully saturated rings. The lowest BCUT2D eigenvalue weighted by molar-refractivity contribution is -0.141. The van der Waals surface area contributed by atoms with E-state index < -0.39 is 31.0 Å². The minimum Gasteiger partial charge on any atom is -0.468 e. The van der Waals surface area contributed by atoms with Gasteiger partial charge in [0.15, 0.2) is 5.66 Å². The van der Waals surface area contributed by atoms with Gasteiger partial charge in [0.2, 0.25) is 0 Å². The second-order valence-electron chi connectivity index (χ2n) is 4.42. The summed E-state index contributed by atoms with van der Waals surface area (Å²) in [6.07, 6.45) is -4.60. The van der Waals surface area contributed by atoms with E-state index in [2.05, 4.69) is 4.74 Å². The Morgan fingerprint density at radius 1 is 1.22 bits per heavy atom. The van der Waals surface area contributed by atoms with Crippen LogP contribution in [0.4, 0.5) is 13.2 Å². The molecule has 0 aliphatic heterocycles. The number of benzene rings is 1. The molecular formula is C14H18F3O5P. The van der Waals surface area contributed by atoms with Crippen molar-refractivity contribution < 1.29 is 36.3 Å². The SMILES string of the molecule is CCOP(=O)(OCC)[C@@H](C(=O)OC)c1cccc(C(F)(F)F)c1. The average molecular weight is 354 g/mol. The second-order valence-corrected chi connectivity index (χ2v) is 6.54. The summed E-state index contributed by atoms with van der Waals surface area (Å²) in [5.74, 6) is -0.991. The van der Waals surface area contributed by atoms with Gasteiger partial charge in [-0.15, -0.1) is 0 Å². The highest BCUT2D eigenvalue weighted by molar-refractivity contribution is 7.55. The van der Waals surface area contributed by atoms with E-state index in [4.69, 9.17) is 9.05 Å². The van der Waals surface area contributed by atoms with Crippen LogP contribution in [-0.4, -0.2) is 26.3 Å². The van der Waals surface area contributed by atoms with E-state index in [1.807, 2.05) is 0 Å². The van der Waals surface area contributed by atoms with Crippen molar-refractivity contribution in [1.29, 1.82) is 0 Å². The molecule has 0 N–H and O–H groups in total. The molecule has 0 amide bonds. The molecule has 9 heteroatoms. The molecule has 0 aliphatic carbocycles. The topological polar surface area (TPSA) is 61.8 Å². The molecule has 1 aromatic rings. The van der Waals surface area contributed by atoms with Crippen molar-refractivity contribution in [2.24, 2.45) is 0 Å². The van der Waals surface area contributed by atoms with Crippen molar-refractivity contribution in [2.45, 2.75) is 25.7 Å². The van der Waals surface area contributed by atoms with Crippen molar-refractivity contribution in [2.75, 3.05) is 20.3 Å². The van der Waals surface area contributed by atoms with Crippen molar-refractivity contribution >= 4 is 13.6 Å². The fraction of sp³-hybridized carbons (Fsp3) is 0.500. The molecule has 0 saturated heterocycles. The molecule has 0 bridgehead atoms. The Morgan fingerprint density at radius 2 is 1.78 bits per heavy atom. The van der Waals surface area contributed by atoms with Crippen LogP contribution in [0, 0.1) is 0 Å². The van der Waals surface area contributed by atoms with Crippen LogP contribution in [0.15, 0.2) is 24.3 Å². The van der Waals surface area contributed by atoms with Gasteiger partial charge in [-0.3, -0.25) is 9.36 Å². The van der Waals surface area contributed by atoms with Crippen molar-refractivity contribution in [3.63, 3.8) is 0 Å². The van der Waals surface area contributed by atoms with E-state index in [0.717, 1.165) is 25.3 Å². The van der Waals surface area contributed by atoms with Gasteiger partial charge in [-0.1, -0.05) is 18.2 Å². The highest BCUT2D eigenvalue weighted by Crippen LogP contribution is 2.61. The van der Waals surface area contributed by atoms with Gasteiger partial charge in [-0.25, -0.2) is 0 Å². The number of methoxy groups -OCH3 is 1. The Balaban J connectivity index is 3.43. The molecule has 0 unspecified atom stereocenters. The fourth-order valence-electron chi connectivity index (χ4n) is 1.99. The van der Waals surface area contributed by atoms with Crippen LogP contribution in [0.2, 0.25) is 0 Å². The van der Waals surface area contributed by atoms with Gasteiger partial charge in [-0.2, -0.15) is 13.2 Å². The molecule has 1 aromatic carbocycles. The van der Waals surface area contributed by atoms with E-state index in [0.29, 0.717) is 0 Å². The quantitative estimate of drug-likeness (QED) is 0.543. The first kappa shape index (κ1) is 19.7. The summed E-state index contributed by atoms with van der Waals surface area (Å²) in [5, 5.41) is 0. The summed E-state index contributed by atoms with van der Waals surface area (Å²) in [6.45, 7) is 2.99. The Labute approximate surface area is 132 Å². The van der Waals surface area contributed by atoms with Crippen LogP contribution in [0.5, 0.6) is 0 Å². The smallest absolute Gasteiger partial charge is 0.416 e. The highest BCUT2D eigenvalue weighted by atomic mass is 31.2. The van der Waals surface area contributed by atoms with E-state index in [-0.39, 0.29) is 18.8 Å². The van der Waals surface area contributed by atoms with Crippen LogP contribution in [-0.2, 0) is 29.3 Å². The van der Waals surface area contributed by atoms with Crippen molar-refractivity contribution in [3.05, 3.63) is 35.4 Å². The largest absolute Gasteiger partial charge is 0.468 e. The Bertz CT molecular complexity index is 578. The average Bonchev–Trinajstić information content (AvgIpc) is 2.47. The van der Waals surface area contributed by atoms with Gasteiger partial charge in [0.05, 0.1) is 25.9 Å². The number of carbonyl (C=O) groups is 1. The molecule has 0 spiro atoms. The van der Waals surface area contributed by atoms with Gasteiger partial charge >= 0.3 is 19.7 Å². The van der Waals surface area contributed by atoms with Crippen LogP contribution >= 0.6 is 7.60 Å². The molecule has 0 radical (unpaired) electrons. The van der Waals surface area contributed by atoms with Crippen LogP contribution in [0.1, 0.15) is 30.6 Å². The summed E-state index contributed by atoms with van der Waals surface area (Å²) in [4.78, 5) is 12.0. The molecule has 0 saturated carbocycles. The molecule has 5 nitrogen and oxygen atoms in total. The summed E-state index contributed by atoms with van der Waals surface area (Å²) in [7, 11) is -2.99. The zero-order valence-electron chi connectivity index (χ0n) is 12.9. The molecule has 130 valence electrons. The number of ether oxygens (including phenoxy) is 1. The molecule has 0 aliphatic rings. The molecule has 0 aromatic heterocycles. The van der Waals surface area contributed by atoms with E-state index in [1.54, 1.807) is 0 Å². The highest BCUT2D eigenvalue weighted by Gasteiger charge is 2.44. The molecule has 1 atom stereocenters. The summed E-state index contributed by atoms with van der Waals surface area (Å²) in [6, 6.07) is 3.97. The Morgan fingerprint density at radius 3 is 2.22 bits per heavy atom. The minimum atomic E-state index is -4.60. The summed E-state index contributed by atoms with van der Waals surface area (Å²) >= 11 is 0. The van der Waals surface area contributed by atoms with Gasteiger partial charge < -0.3 is 13.8 Å². The number of carbonyl (C=O) groups excluding carboxylic acids is 1. The van der Waals surface area contributed by atoms with Gasteiger partial charge in [0.25, 0.3) is 0 Å². The zero-order valence-corrected chi connectivity index (χ0v) is 13.8. The van der Waals surface area contributed by atoms with Gasteiger partial charge in [-0.05, 0) is 25.5 Å². The Kier molecular flexibility index (Phi) is 6.80. The van der Waals surface area contributed by atoms with E-state index in [9.17, 15) is 22.5 Å². The standard InChI is InChI=1S/C14H18F3O5P/c1-4-21-23(19,22-5-2)12(13(18)20-3)10-7-6-8-11(9-10)14(15,16)17/h6-9,12H,4-5H2,1-3H3/t12-/m1/s1. The number of hydrogen-bond acceptors (Lipinski definition) is 5. The third-order valence-corrected chi connectivity index (χ3v) is 5.27. The predicted molar refractivity (Wildman–Crippen MR) is 77.1 cm³/mol. The van der Waals surface area contributed by atoms with Crippen LogP contribution < -0.4 is 0 Å². The fourth-order valence-corrected chi connectivity index (χ4v) is 3.97.